The number of hydrogen-bond acceptors (Lipinski definition) is 12. The molecule has 2 saturated heterocycles. The van der Waals surface area contributed by atoms with Gasteiger partial charge in [0.05, 0.1) is 47.5 Å². The third-order valence-corrected chi connectivity index (χ3v) is 15.0. The minimum atomic E-state index is -3.87. The number of hydrogen-bond donors (Lipinski definition) is 2. The fourth-order valence-electron chi connectivity index (χ4n) is 8.57. The van der Waals surface area contributed by atoms with Crippen LogP contribution in [0.1, 0.15) is 92.4 Å². The predicted molar refractivity (Wildman–Crippen MR) is 231 cm³/mol. The Bertz CT molecular complexity index is 2260. The highest BCUT2D eigenvalue weighted by atomic mass is 32.2. The lowest BCUT2D eigenvalue weighted by molar-refractivity contribution is -0.148. The van der Waals surface area contributed by atoms with E-state index < -0.39 is 56.0 Å². The molecule has 0 unspecified atom stereocenters. The Kier molecular flexibility index (Phi) is 12.4. The number of fused-ring (bicyclic) bond motifs is 1. The average molecular weight is 863 g/mol. The number of ether oxygens (including phenoxy) is 2. The molecule has 0 bridgehead atoms. The van der Waals surface area contributed by atoms with Gasteiger partial charge in [-0.05, 0) is 75.8 Å². The van der Waals surface area contributed by atoms with Gasteiger partial charge in [-0.1, -0.05) is 26.8 Å². The van der Waals surface area contributed by atoms with E-state index in [1.165, 1.54) is 11.3 Å². The number of amides is 3. The lowest BCUT2D eigenvalue weighted by Crippen LogP contribution is -2.49. The van der Waals surface area contributed by atoms with Crippen molar-refractivity contribution in [3.8, 4) is 22.9 Å². The second kappa shape index (κ2) is 17.1. The van der Waals surface area contributed by atoms with Gasteiger partial charge >= 0.3 is 0 Å². The number of nitrogens with one attached hydrogen (secondary N) is 2. The van der Waals surface area contributed by atoms with Gasteiger partial charge in [0.1, 0.15) is 23.3 Å². The van der Waals surface area contributed by atoms with E-state index in [1.54, 1.807) is 18.1 Å². The molecule has 4 fully saturated rings. The molecule has 2 N–H and O–H groups in total. The second-order valence-electron chi connectivity index (χ2n) is 18.3. The van der Waals surface area contributed by atoms with Gasteiger partial charge in [-0.25, -0.2) is 18.4 Å². The van der Waals surface area contributed by atoms with Gasteiger partial charge in [0.15, 0.2) is 10.9 Å². The molecule has 2 aromatic heterocycles. The van der Waals surface area contributed by atoms with Gasteiger partial charge in [0, 0.05) is 61.3 Å². The van der Waals surface area contributed by atoms with Crippen LogP contribution >= 0.6 is 11.3 Å². The number of Topliss-reactive ketones (excluding diaryl/α,β-unsaturated/α-hetero) is 1. The van der Waals surface area contributed by atoms with Crippen molar-refractivity contribution in [3.05, 3.63) is 42.3 Å². The van der Waals surface area contributed by atoms with E-state index in [2.05, 4.69) is 16.6 Å². The number of pyridine rings is 1. The highest BCUT2D eigenvalue weighted by Crippen LogP contribution is 2.57. The Balaban J connectivity index is 1.21. The number of benzene rings is 1. The second-order valence-corrected chi connectivity index (χ2v) is 21.1. The lowest BCUT2D eigenvalue weighted by Gasteiger charge is -2.36. The molecule has 2 saturated carbocycles. The number of thiazole rings is 1. The maximum absolute atomic E-state index is 15.0. The Hall–Kier alpha value is -4.57. The van der Waals surface area contributed by atoms with Crippen molar-refractivity contribution >= 4 is 60.9 Å². The van der Waals surface area contributed by atoms with E-state index in [9.17, 15) is 27.6 Å². The van der Waals surface area contributed by atoms with Gasteiger partial charge in [0.2, 0.25) is 27.7 Å². The van der Waals surface area contributed by atoms with Crippen molar-refractivity contribution in [1.82, 2.24) is 24.5 Å². The van der Waals surface area contributed by atoms with Crippen LogP contribution in [0.4, 0.5) is 5.13 Å². The van der Waals surface area contributed by atoms with E-state index >= 15 is 0 Å². The molecule has 3 amide bonds. The number of aromatic nitrogens is 2. The Morgan fingerprint density at radius 3 is 2.43 bits per heavy atom. The quantitative estimate of drug-likeness (QED) is 0.153. The van der Waals surface area contributed by atoms with Crippen molar-refractivity contribution in [1.29, 1.82) is 0 Å². The summed E-state index contributed by atoms with van der Waals surface area (Å²) in [5, 5.41) is 6.08. The van der Waals surface area contributed by atoms with Gasteiger partial charge in [-0.15, -0.1) is 17.9 Å². The number of carbonyl (C=O) groups is 4. The first-order valence-electron chi connectivity index (χ1n) is 21.1. The number of methoxy groups -OCH3 is 1. The Labute approximate surface area is 356 Å². The van der Waals surface area contributed by atoms with Crippen LogP contribution in [0.3, 0.4) is 0 Å². The number of carbonyl (C=O) groups excluding carboxylic acids is 4. The number of piperidine rings is 1. The van der Waals surface area contributed by atoms with Gasteiger partial charge < -0.3 is 24.6 Å². The number of allylic oxidation sites excluding steroid dienone is 1. The van der Waals surface area contributed by atoms with E-state index in [-0.39, 0.29) is 55.9 Å². The molecule has 0 spiro atoms. The van der Waals surface area contributed by atoms with Crippen LogP contribution in [0.5, 0.6) is 11.5 Å². The fourth-order valence-corrected chi connectivity index (χ4v) is 10.8. The summed E-state index contributed by atoms with van der Waals surface area (Å²) in [4.78, 5) is 70.2. The molecule has 60 heavy (non-hydrogen) atoms. The topological polar surface area (TPSA) is 177 Å². The molecule has 16 heteroatoms. The molecule has 4 heterocycles. The normalized spacial score (nSPS) is 23.6. The smallest absolute Gasteiger partial charge is 0.240 e. The highest BCUT2D eigenvalue weighted by Gasteiger charge is 2.61. The zero-order valence-electron chi connectivity index (χ0n) is 35.5. The maximum Gasteiger partial charge on any atom is 0.240 e. The van der Waals surface area contributed by atoms with Crippen LogP contribution < -0.4 is 19.5 Å². The summed E-state index contributed by atoms with van der Waals surface area (Å²) >= 11 is 1.47. The highest BCUT2D eigenvalue weighted by molar-refractivity contribution is 7.90. The van der Waals surface area contributed by atoms with E-state index in [0.29, 0.717) is 59.7 Å². The predicted octanol–water partition coefficient (Wildman–Crippen LogP) is 6.36. The van der Waals surface area contributed by atoms with Crippen LogP contribution in [0.25, 0.3) is 22.3 Å². The summed E-state index contributed by atoms with van der Waals surface area (Å²) in [6.45, 7) is 15.1. The summed E-state index contributed by atoms with van der Waals surface area (Å²) in [5.74, 6) is -1.56. The standard InChI is InChI=1S/C44H58N6O8S2/c1-8-27-22-44(27,41(54)48-60(55,56)30-13-14-30)23-37(51)36-19-29(24-50(36)40(53)32(43(4,5)6)20-39(52)49-16-10-9-11-17-49)58-38-21-34(35-25-59-42(47-35)45-26(2)3)46-33-18-28(57-7)12-15-31(33)38/h8,12,15,18,21,25-27,29-30,32,36H,1,9-11,13-14,16-17,19-20,22-24H2,2-7H3,(H,45,47)(H,48,54)/t27-,29-,32-,36+,44-/m1/s1. The fraction of sp³-hybridized carbons (Fsp3) is 0.591. The molecule has 14 nitrogen and oxygen atoms in total. The van der Waals surface area contributed by atoms with Crippen LogP contribution in [0.2, 0.25) is 0 Å². The van der Waals surface area contributed by atoms with Crippen molar-refractivity contribution < 1.29 is 37.1 Å². The first-order valence-corrected chi connectivity index (χ1v) is 23.5. The molecule has 4 aliphatic rings. The van der Waals surface area contributed by atoms with Crippen molar-refractivity contribution in [2.24, 2.45) is 22.7 Å². The minimum absolute atomic E-state index is 0.00332. The molecule has 5 atom stereocenters. The van der Waals surface area contributed by atoms with E-state index in [1.807, 2.05) is 69.2 Å². The number of likely N-dealkylation sites (tertiary alicyclic amines) is 2. The first-order chi connectivity index (χ1) is 28.4. The molecule has 1 aromatic carbocycles. The van der Waals surface area contributed by atoms with Crippen molar-refractivity contribution in [2.75, 3.05) is 32.1 Å². The van der Waals surface area contributed by atoms with Gasteiger partial charge in [-0.2, -0.15) is 0 Å². The number of nitrogens with zero attached hydrogens (tertiary/aromatic N) is 4. The first kappa shape index (κ1) is 43.5. The maximum atomic E-state index is 15.0. The molecule has 2 aliphatic carbocycles. The molecule has 324 valence electrons. The minimum Gasteiger partial charge on any atom is -0.497 e. The zero-order chi connectivity index (χ0) is 43.1. The molecule has 7 rings (SSSR count). The Morgan fingerprint density at radius 1 is 1.07 bits per heavy atom. The monoisotopic (exact) mass is 862 g/mol. The molecular weight excluding hydrogens is 805 g/mol. The van der Waals surface area contributed by atoms with Gasteiger partial charge in [0.25, 0.3) is 0 Å². The van der Waals surface area contributed by atoms with Crippen LogP contribution in [-0.2, 0) is 29.2 Å². The van der Waals surface area contributed by atoms with Crippen LogP contribution in [0.15, 0.2) is 42.3 Å². The van der Waals surface area contributed by atoms with E-state index in [0.717, 1.165) is 24.4 Å². The summed E-state index contributed by atoms with van der Waals surface area (Å²) in [7, 11) is -2.29. The molecule has 2 aliphatic heterocycles. The summed E-state index contributed by atoms with van der Waals surface area (Å²) in [5.41, 5.74) is -0.111. The number of anilines is 1. The van der Waals surface area contributed by atoms with Crippen LogP contribution in [-0.4, -0.2) is 102 Å². The lowest BCUT2D eigenvalue weighted by atomic mass is 9.77. The Morgan fingerprint density at radius 2 is 1.80 bits per heavy atom. The summed E-state index contributed by atoms with van der Waals surface area (Å²) < 4.78 is 40.3. The number of rotatable bonds is 16. The van der Waals surface area contributed by atoms with Gasteiger partial charge in [-0.3, -0.25) is 23.9 Å². The largest absolute Gasteiger partial charge is 0.497 e. The summed E-state index contributed by atoms with van der Waals surface area (Å²) in [6.07, 6.45) is 4.90. The summed E-state index contributed by atoms with van der Waals surface area (Å²) in [6, 6.07) is 6.49. The SMILES string of the molecule is C=C[C@@H]1C[C@]1(CC(=O)[C@@H]1C[C@@H](Oc2cc(-c3csc(NC(C)C)n3)nc3cc(OC)ccc23)CN1C(=O)[C@@H](CC(=O)N1CCCCC1)C(C)(C)C)C(=O)NS(=O)(=O)C1CC1. The van der Waals surface area contributed by atoms with Crippen LogP contribution in [0, 0.1) is 22.7 Å². The van der Waals surface area contributed by atoms with E-state index in [4.69, 9.17) is 19.4 Å². The van der Waals surface area contributed by atoms with Crippen molar-refractivity contribution in [3.63, 3.8) is 0 Å². The molecule has 3 aromatic rings. The third-order valence-electron chi connectivity index (χ3n) is 12.4. The number of sulfonamides is 1. The number of ketones is 1. The zero-order valence-corrected chi connectivity index (χ0v) is 37.1. The van der Waals surface area contributed by atoms with Crippen molar-refractivity contribution in [2.45, 2.75) is 116 Å². The third kappa shape index (κ3) is 9.34. The average Bonchev–Trinajstić information content (AvgIpc) is 4.10. The molecular formula is C44H58N6O8S2. The molecule has 0 radical (unpaired) electrons.